The molecule has 21 heavy (non-hydrogen) atoms. The van der Waals surface area contributed by atoms with Gasteiger partial charge in [0.05, 0.1) is 18.1 Å². The summed E-state index contributed by atoms with van der Waals surface area (Å²) in [5.74, 6) is -1.52. The summed E-state index contributed by atoms with van der Waals surface area (Å²) in [5.41, 5.74) is -0.525. The van der Waals surface area contributed by atoms with Gasteiger partial charge in [0.25, 0.3) is 5.69 Å². The lowest BCUT2D eigenvalue weighted by Gasteiger charge is -2.06. The van der Waals surface area contributed by atoms with Crippen LogP contribution < -0.4 is 0 Å². The van der Waals surface area contributed by atoms with Gasteiger partial charge in [-0.15, -0.1) is 0 Å². The van der Waals surface area contributed by atoms with Crippen molar-refractivity contribution < 1.29 is 24.0 Å². The van der Waals surface area contributed by atoms with Gasteiger partial charge in [0.2, 0.25) is 5.78 Å². The highest BCUT2D eigenvalue weighted by Crippen LogP contribution is 2.17. The van der Waals surface area contributed by atoms with Crippen LogP contribution in [0.1, 0.15) is 24.2 Å². The molecular weight excluding hydrogens is 278 g/mol. The van der Waals surface area contributed by atoms with Crippen molar-refractivity contribution in [3.63, 3.8) is 0 Å². The number of carbonyl (C=O) groups is 2. The standard InChI is InChI=1S/C14H15NO6/c1-3-20-9-12(14(17)21-4-2)13(16)10-6-5-7-11(8-10)15(18)19/h5-9H,3-4H2,1-2H3/b12-9+. The van der Waals surface area contributed by atoms with E-state index in [2.05, 4.69) is 0 Å². The van der Waals surface area contributed by atoms with Gasteiger partial charge in [-0.05, 0) is 13.8 Å². The molecule has 112 valence electrons. The molecule has 0 spiro atoms. The van der Waals surface area contributed by atoms with E-state index >= 15 is 0 Å². The number of nitro groups is 1. The zero-order valence-electron chi connectivity index (χ0n) is 11.7. The van der Waals surface area contributed by atoms with Gasteiger partial charge in [-0.1, -0.05) is 12.1 Å². The molecule has 7 nitrogen and oxygen atoms in total. The molecule has 1 aromatic carbocycles. The first-order valence-electron chi connectivity index (χ1n) is 6.29. The largest absolute Gasteiger partial charge is 0.500 e. The third-order valence-electron chi connectivity index (χ3n) is 2.43. The molecule has 0 saturated heterocycles. The van der Waals surface area contributed by atoms with Gasteiger partial charge >= 0.3 is 5.97 Å². The third-order valence-corrected chi connectivity index (χ3v) is 2.43. The van der Waals surface area contributed by atoms with E-state index in [-0.39, 0.29) is 30.0 Å². The third kappa shape index (κ3) is 4.41. The molecule has 0 unspecified atom stereocenters. The van der Waals surface area contributed by atoms with Gasteiger partial charge in [-0.3, -0.25) is 14.9 Å². The quantitative estimate of drug-likeness (QED) is 0.112. The Morgan fingerprint density at radius 1 is 1.29 bits per heavy atom. The number of nitro benzene ring substituents is 1. The molecule has 1 aromatic rings. The molecule has 0 aliphatic heterocycles. The van der Waals surface area contributed by atoms with Crippen molar-refractivity contribution in [2.24, 2.45) is 0 Å². The zero-order chi connectivity index (χ0) is 15.8. The predicted molar refractivity (Wildman–Crippen MR) is 73.8 cm³/mol. The minimum atomic E-state index is -0.831. The molecular formula is C14H15NO6. The highest BCUT2D eigenvalue weighted by Gasteiger charge is 2.23. The molecule has 0 atom stereocenters. The summed E-state index contributed by atoms with van der Waals surface area (Å²) in [7, 11) is 0. The Hall–Kier alpha value is -2.70. The Morgan fingerprint density at radius 3 is 2.57 bits per heavy atom. The normalized spacial score (nSPS) is 10.9. The molecule has 0 aliphatic carbocycles. The highest BCUT2D eigenvalue weighted by atomic mass is 16.6. The van der Waals surface area contributed by atoms with E-state index in [4.69, 9.17) is 9.47 Å². The molecule has 0 saturated carbocycles. The van der Waals surface area contributed by atoms with Crippen molar-refractivity contribution in [3.05, 3.63) is 51.8 Å². The Morgan fingerprint density at radius 2 is 2.00 bits per heavy atom. The van der Waals surface area contributed by atoms with Crippen LogP contribution >= 0.6 is 0 Å². The first-order valence-corrected chi connectivity index (χ1v) is 6.29. The molecule has 0 fully saturated rings. The molecule has 0 aliphatic rings. The Balaban J connectivity index is 3.13. The topological polar surface area (TPSA) is 95.7 Å². The lowest BCUT2D eigenvalue weighted by atomic mass is 10.0. The van der Waals surface area contributed by atoms with Gasteiger partial charge in [-0.2, -0.15) is 0 Å². The number of ketones is 1. The summed E-state index contributed by atoms with van der Waals surface area (Å²) >= 11 is 0. The number of non-ortho nitro benzene ring substituents is 1. The number of nitrogens with zero attached hydrogens (tertiary/aromatic N) is 1. The van der Waals surface area contributed by atoms with Crippen LogP contribution in [0.4, 0.5) is 5.69 Å². The average molecular weight is 293 g/mol. The number of benzene rings is 1. The van der Waals surface area contributed by atoms with Crippen molar-refractivity contribution in [2.75, 3.05) is 13.2 Å². The minimum absolute atomic E-state index is 0.0169. The monoisotopic (exact) mass is 293 g/mol. The van der Waals surface area contributed by atoms with Crippen LogP contribution in [-0.2, 0) is 14.3 Å². The van der Waals surface area contributed by atoms with E-state index < -0.39 is 16.7 Å². The smallest absolute Gasteiger partial charge is 0.345 e. The summed E-state index contributed by atoms with van der Waals surface area (Å²) in [6, 6.07) is 5.11. The number of carbonyl (C=O) groups excluding carboxylic acids is 2. The van der Waals surface area contributed by atoms with E-state index in [9.17, 15) is 19.7 Å². The minimum Gasteiger partial charge on any atom is -0.500 e. The first kappa shape index (κ1) is 16.4. The Bertz CT molecular complexity index is 579. The van der Waals surface area contributed by atoms with Crippen LogP contribution in [0.2, 0.25) is 0 Å². The van der Waals surface area contributed by atoms with E-state index in [0.717, 1.165) is 12.3 Å². The van der Waals surface area contributed by atoms with E-state index in [1.807, 2.05) is 0 Å². The molecule has 0 heterocycles. The van der Waals surface area contributed by atoms with Crippen LogP contribution in [0.3, 0.4) is 0 Å². The van der Waals surface area contributed by atoms with Crippen molar-refractivity contribution in [3.8, 4) is 0 Å². The van der Waals surface area contributed by atoms with E-state index in [0.29, 0.717) is 0 Å². The molecule has 0 amide bonds. The summed E-state index contributed by atoms with van der Waals surface area (Å²) in [4.78, 5) is 34.1. The second-order valence-electron chi connectivity index (χ2n) is 3.84. The lowest BCUT2D eigenvalue weighted by molar-refractivity contribution is -0.384. The Labute approximate surface area is 121 Å². The van der Waals surface area contributed by atoms with Crippen LogP contribution in [0, 0.1) is 10.1 Å². The number of esters is 1. The van der Waals surface area contributed by atoms with Gasteiger partial charge < -0.3 is 9.47 Å². The van der Waals surface area contributed by atoms with Crippen LogP contribution in [-0.4, -0.2) is 29.9 Å². The maximum absolute atomic E-state index is 12.3. The van der Waals surface area contributed by atoms with Crippen molar-refractivity contribution in [1.29, 1.82) is 0 Å². The predicted octanol–water partition coefficient (Wildman–Crippen LogP) is 2.26. The lowest BCUT2D eigenvalue weighted by Crippen LogP contribution is -2.17. The van der Waals surface area contributed by atoms with Gasteiger partial charge in [-0.25, -0.2) is 4.79 Å². The van der Waals surface area contributed by atoms with Crippen molar-refractivity contribution in [1.82, 2.24) is 0 Å². The van der Waals surface area contributed by atoms with Crippen LogP contribution in [0.15, 0.2) is 36.1 Å². The highest BCUT2D eigenvalue weighted by molar-refractivity contribution is 6.24. The number of ether oxygens (including phenoxy) is 2. The fourth-order valence-electron chi connectivity index (χ4n) is 1.49. The molecule has 0 radical (unpaired) electrons. The maximum atomic E-state index is 12.3. The first-order chi connectivity index (χ1) is 10.0. The maximum Gasteiger partial charge on any atom is 0.345 e. The van der Waals surface area contributed by atoms with Crippen LogP contribution in [0.25, 0.3) is 0 Å². The average Bonchev–Trinajstić information content (AvgIpc) is 2.47. The van der Waals surface area contributed by atoms with Crippen LogP contribution in [0.5, 0.6) is 0 Å². The number of hydrogen-bond acceptors (Lipinski definition) is 6. The fraction of sp³-hybridized carbons (Fsp3) is 0.286. The second-order valence-corrected chi connectivity index (χ2v) is 3.84. The summed E-state index contributed by atoms with van der Waals surface area (Å²) < 4.78 is 9.75. The SMILES string of the molecule is CCO/C=C(/C(=O)OCC)C(=O)c1cccc([N+](=O)[O-])c1. The van der Waals surface area contributed by atoms with E-state index in [1.165, 1.54) is 18.2 Å². The Kier molecular flexibility index (Phi) is 6.06. The number of rotatable bonds is 7. The summed E-state index contributed by atoms with van der Waals surface area (Å²) in [6.45, 7) is 3.67. The molecule has 0 bridgehead atoms. The summed E-state index contributed by atoms with van der Waals surface area (Å²) in [6.07, 6.45) is 1.01. The van der Waals surface area contributed by atoms with Crippen molar-refractivity contribution >= 4 is 17.4 Å². The van der Waals surface area contributed by atoms with Gasteiger partial charge in [0.1, 0.15) is 11.8 Å². The second kappa shape index (κ2) is 7.78. The number of hydrogen-bond donors (Lipinski definition) is 0. The van der Waals surface area contributed by atoms with Crippen molar-refractivity contribution in [2.45, 2.75) is 13.8 Å². The molecule has 1 rings (SSSR count). The molecule has 0 aromatic heterocycles. The van der Waals surface area contributed by atoms with Gasteiger partial charge in [0, 0.05) is 17.7 Å². The van der Waals surface area contributed by atoms with E-state index in [1.54, 1.807) is 13.8 Å². The number of Topliss-reactive ketones (excluding diaryl/α,β-unsaturated/α-hetero) is 1. The molecule has 7 heteroatoms. The summed E-state index contributed by atoms with van der Waals surface area (Å²) in [5, 5.41) is 10.7. The van der Waals surface area contributed by atoms with Gasteiger partial charge in [0.15, 0.2) is 0 Å². The molecule has 0 N–H and O–H groups in total. The fourth-order valence-corrected chi connectivity index (χ4v) is 1.49. The zero-order valence-corrected chi connectivity index (χ0v) is 11.7.